The summed E-state index contributed by atoms with van der Waals surface area (Å²) in [7, 11) is 2.97. The fourth-order valence-corrected chi connectivity index (χ4v) is 3.39. The molecule has 4 heteroatoms. The van der Waals surface area contributed by atoms with Crippen LogP contribution in [0.4, 0.5) is 0 Å². The molecule has 0 spiro atoms. The van der Waals surface area contributed by atoms with Crippen molar-refractivity contribution in [2.45, 2.75) is 46.0 Å². The Bertz CT molecular complexity index is 630. The molecule has 0 bridgehead atoms. The highest BCUT2D eigenvalue weighted by molar-refractivity contribution is 6.02. The highest BCUT2D eigenvalue weighted by Crippen LogP contribution is 2.51. The van der Waals surface area contributed by atoms with Gasteiger partial charge in [0.2, 0.25) is 0 Å². The molecule has 0 aromatic heterocycles. The van der Waals surface area contributed by atoms with Crippen molar-refractivity contribution in [2.24, 2.45) is 5.41 Å². The molecule has 0 saturated heterocycles. The van der Waals surface area contributed by atoms with Gasteiger partial charge < -0.3 is 9.47 Å². The number of rotatable bonds is 3. The van der Waals surface area contributed by atoms with Crippen LogP contribution in [0.15, 0.2) is 12.1 Å². The molecule has 2 rings (SSSR count). The van der Waals surface area contributed by atoms with Gasteiger partial charge in [-0.1, -0.05) is 13.0 Å². The maximum Gasteiger partial charge on any atom is 0.312 e. The lowest BCUT2D eigenvalue weighted by Crippen LogP contribution is -2.48. The quantitative estimate of drug-likeness (QED) is 0.803. The molecule has 0 aliphatic heterocycles. The van der Waals surface area contributed by atoms with E-state index in [0.29, 0.717) is 24.2 Å². The van der Waals surface area contributed by atoms with Crippen LogP contribution in [-0.2, 0) is 14.9 Å². The number of fused-ring (bicyclic) bond motifs is 1. The predicted octanol–water partition coefficient (Wildman–Crippen LogP) is 3.44. The Morgan fingerprint density at radius 3 is 2.45 bits per heavy atom. The van der Waals surface area contributed by atoms with Crippen LogP contribution in [0.2, 0.25) is 0 Å². The first kappa shape index (κ1) is 16.5. The summed E-state index contributed by atoms with van der Waals surface area (Å²) in [5.74, 6) is 0.396. The van der Waals surface area contributed by atoms with Crippen LogP contribution >= 0.6 is 0 Å². The van der Waals surface area contributed by atoms with E-state index >= 15 is 0 Å². The second-order valence-electron chi connectivity index (χ2n) is 6.76. The van der Waals surface area contributed by atoms with Gasteiger partial charge in [-0.15, -0.1) is 0 Å². The zero-order chi connectivity index (χ0) is 16.7. The van der Waals surface area contributed by atoms with Crippen LogP contribution in [0.25, 0.3) is 0 Å². The maximum atomic E-state index is 12.4. The first-order valence-electron chi connectivity index (χ1n) is 7.49. The topological polar surface area (TPSA) is 52.6 Å². The van der Waals surface area contributed by atoms with Crippen LogP contribution in [-0.4, -0.2) is 26.0 Å². The highest BCUT2D eigenvalue weighted by atomic mass is 16.5. The van der Waals surface area contributed by atoms with Gasteiger partial charge in [-0.25, -0.2) is 0 Å². The van der Waals surface area contributed by atoms with Crippen molar-refractivity contribution in [2.75, 3.05) is 14.2 Å². The lowest BCUT2D eigenvalue weighted by molar-refractivity contribution is -0.155. The molecule has 4 nitrogen and oxygen atoms in total. The number of ketones is 1. The van der Waals surface area contributed by atoms with E-state index in [1.807, 2.05) is 39.8 Å². The van der Waals surface area contributed by atoms with Gasteiger partial charge in [-0.3, -0.25) is 9.59 Å². The molecule has 0 saturated carbocycles. The number of ether oxygens (including phenoxy) is 2. The van der Waals surface area contributed by atoms with E-state index in [0.717, 1.165) is 11.1 Å². The third-order valence-electron chi connectivity index (χ3n) is 5.27. The molecule has 1 aliphatic carbocycles. The third-order valence-corrected chi connectivity index (χ3v) is 5.27. The van der Waals surface area contributed by atoms with E-state index in [2.05, 4.69) is 0 Å². The number of hydrogen-bond acceptors (Lipinski definition) is 4. The van der Waals surface area contributed by atoms with Crippen LogP contribution in [0.5, 0.6) is 5.75 Å². The smallest absolute Gasteiger partial charge is 0.312 e. The zero-order valence-corrected chi connectivity index (χ0v) is 14.2. The molecule has 1 unspecified atom stereocenters. The Kier molecular flexibility index (Phi) is 4.07. The van der Waals surface area contributed by atoms with Crippen molar-refractivity contribution in [3.63, 3.8) is 0 Å². The maximum absolute atomic E-state index is 12.4. The average molecular weight is 304 g/mol. The Balaban J connectivity index is 2.74. The molecular formula is C18H24O4. The molecule has 0 fully saturated rings. The molecule has 0 radical (unpaired) electrons. The van der Waals surface area contributed by atoms with Crippen molar-refractivity contribution >= 4 is 11.8 Å². The van der Waals surface area contributed by atoms with Gasteiger partial charge in [0.1, 0.15) is 5.75 Å². The molecule has 1 aromatic rings. The second-order valence-corrected chi connectivity index (χ2v) is 6.76. The molecule has 0 amide bonds. The van der Waals surface area contributed by atoms with E-state index in [1.54, 1.807) is 7.11 Å². The minimum atomic E-state index is -0.740. The van der Waals surface area contributed by atoms with Gasteiger partial charge in [-0.2, -0.15) is 0 Å². The summed E-state index contributed by atoms with van der Waals surface area (Å²) in [4.78, 5) is 24.8. The predicted molar refractivity (Wildman–Crippen MR) is 84.4 cm³/mol. The van der Waals surface area contributed by atoms with Gasteiger partial charge in [0.15, 0.2) is 5.78 Å². The van der Waals surface area contributed by atoms with E-state index < -0.39 is 10.8 Å². The fraction of sp³-hybridized carbons (Fsp3) is 0.556. The first-order valence-corrected chi connectivity index (χ1v) is 7.49. The third kappa shape index (κ3) is 2.21. The molecule has 0 N–H and O–H groups in total. The number of hydrogen-bond donors (Lipinski definition) is 0. The van der Waals surface area contributed by atoms with Crippen LogP contribution in [0.1, 0.15) is 55.1 Å². The van der Waals surface area contributed by atoms with Crippen LogP contribution in [0, 0.1) is 12.3 Å². The zero-order valence-electron chi connectivity index (χ0n) is 14.2. The molecule has 22 heavy (non-hydrogen) atoms. The van der Waals surface area contributed by atoms with Crippen molar-refractivity contribution in [3.8, 4) is 5.75 Å². The number of Topliss-reactive ketones (excluding diaryl/α,β-unsaturated/α-hetero) is 1. The first-order chi connectivity index (χ1) is 10.2. The summed E-state index contributed by atoms with van der Waals surface area (Å²) in [5, 5.41) is 0. The van der Waals surface area contributed by atoms with Crippen LogP contribution < -0.4 is 4.74 Å². The van der Waals surface area contributed by atoms with Crippen LogP contribution in [0.3, 0.4) is 0 Å². The lowest BCUT2D eigenvalue weighted by atomic mass is 9.57. The molecule has 1 aromatic carbocycles. The number of aryl methyl sites for hydroxylation is 1. The van der Waals surface area contributed by atoms with E-state index in [4.69, 9.17) is 9.47 Å². The molecule has 0 heterocycles. The SMILES string of the molecule is COC(=O)C(C)(C)C1(C)CCC(=O)c2c(OC)cc(C)cc21. The normalized spacial score (nSPS) is 21.3. The summed E-state index contributed by atoms with van der Waals surface area (Å²) in [5.41, 5.74) is 1.28. The number of carbonyl (C=O) groups excluding carboxylic acids is 2. The van der Waals surface area contributed by atoms with Gasteiger partial charge in [-0.05, 0) is 44.4 Å². The van der Waals surface area contributed by atoms with Crippen molar-refractivity contribution in [1.29, 1.82) is 0 Å². The summed E-state index contributed by atoms with van der Waals surface area (Å²) in [6.45, 7) is 7.77. The Morgan fingerprint density at radius 1 is 1.27 bits per heavy atom. The number of esters is 1. The molecule has 120 valence electrons. The highest BCUT2D eigenvalue weighted by Gasteiger charge is 2.52. The minimum absolute atomic E-state index is 0.0741. The van der Waals surface area contributed by atoms with Gasteiger partial charge in [0.25, 0.3) is 0 Å². The van der Waals surface area contributed by atoms with Gasteiger partial charge >= 0.3 is 5.97 Å². The van der Waals surface area contributed by atoms with Gasteiger partial charge in [0, 0.05) is 11.8 Å². The summed E-state index contributed by atoms with van der Waals surface area (Å²) >= 11 is 0. The molecular weight excluding hydrogens is 280 g/mol. The Morgan fingerprint density at radius 2 is 1.91 bits per heavy atom. The van der Waals surface area contributed by atoms with E-state index in [9.17, 15) is 9.59 Å². The van der Waals surface area contributed by atoms with Crippen molar-refractivity contribution < 1.29 is 19.1 Å². The number of methoxy groups -OCH3 is 2. The fourth-order valence-electron chi connectivity index (χ4n) is 3.39. The molecule has 1 atom stereocenters. The summed E-state index contributed by atoms with van der Waals surface area (Å²) in [6, 6.07) is 3.87. The lowest BCUT2D eigenvalue weighted by Gasteiger charge is -2.46. The van der Waals surface area contributed by atoms with E-state index in [1.165, 1.54) is 7.11 Å². The number of benzene rings is 1. The van der Waals surface area contributed by atoms with E-state index in [-0.39, 0.29) is 11.8 Å². The minimum Gasteiger partial charge on any atom is -0.496 e. The summed E-state index contributed by atoms with van der Waals surface area (Å²) in [6.07, 6.45) is 1.02. The second kappa shape index (κ2) is 5.41. The molecule has 1 aliphatic rings. The monoisotopic (exact) mass is 304 g/mol. The van der Waals surface area contributed by atoms with Gasteiger partial charge in [0.05, 0.1) is 25.2 Å². The Hall–Kier alpha value is -1.84. The largest absolute Gasteiger partial charge is 0.496 e. The summed E-state index contributed by atoms with van der Waals surface area (Å²) < 4.78 is 10.4. The van der Waals surface area contributed by atoms with Crippen molar-refractivity contribution in [1.82, 2.24) is 0 Å². The number of carbonyl (C=O) groups is 2. The average Bonchev–Trinajstić information content (AvgIpc) is 2.49. The standard InChI is InChI=1S/C18H24O4/c1-11-9-12-15(14(10-11)21-5)13(19)7-8-18(12,4)17(2,3)16(20)22-6/h9-10H,7-8H2,1-6H3. The van der Waals surface area contributed by atoms with Crippen molar-refractivity contribution in [3.05, 3.63) is 28.8 Å². The Labute approximate surface area is 131 Å².